The van der Waals surface area contributed by atoms with Crippen LogP contribution >= 0.6 is 0 Å². The van der Waals surface area contributed by atoms with Crippen LogP contribution in [0.2, 0.25) is 0 Å². The van der Waals surface area contributed by atoms with Crippen LogP contribution in [-0.2, 0) is 11.3 Å². The van der Waals surface area contributed by atoms with Gasteiger partial charge in [0.1, 0.15) is 0 Å². The van der Waals surface area contributed by atoms with Gasteiger partial charge in [0.2, 0.25) is 5.91 Å². The molecule has 1 N–H and O–H groups in total. The van der Waals surface area contributed by atoms with Gasteiger partial charge < -0.3 is 9.73 Å². The van der Waals surface area contributed by atoms with Crippen molar-refractivity contribution in [2.45, 2.75) is 26.3 Å². The van der Waals surface area contributed by atoms with E-state index in [4.69, 9.17) is 4.42 Å². The van der Waals surface area contributed by atoms with Crippen LogP contribution in [-0.4, -0.2) is 20.3 Å². The number of fused-ring (bicyclic) bond motifs is 1. The maximum Gasteiger partial charge on any atom is 0.419 e. The van der Waals surface area contributed by atoms with Crippen LogP contribution in [0.3, 0.4) is 0 Å². The number of nitro benzene ring substituents is 2. The second-order valence-corrected chi connectivity index (χ2v) is 6.29. The van der Waals surface area contributed by atoms with Crippen molar-refractivity contribution in [2.75, 3.05) is 5.32 Å². The summed E-state index contributed by atoms with van der Waals surface area (Å²) in [5.41, 5.74) is 0.918. The number of carbonyl (C=O) groups is 1. The zero-order chi connectivity index (χ0) is 21.1. The van der Waals surface area contributed by atoms with Crippen molar-refractivity contribution in [3.05, 3.63) is 72.7 Å². The quantitative estimate of drug-likeness (QED) is 0.472. The van der Waals surface area contributed by atoms with Crippen LogP contribution in [0.4, 0.5) is 17.1 Å². The van der Waals surface area contributed by atoms with E-state index in [9.17, 15) is 29.8 Å². The first-order chi connectivity index (χ1) is 13.8. The van der Waals surface area contributed by atoms with Gasteiger partial charge in [-0.15, -0.1) is 0 Å². The molecule has 0 bridgehead atoms. The lowest BCUT2D eigenvalue weighted by molar-refractivity contribution is -0.385. The second-order valence-electron chi connectivity index (χ2n) is 6.29. The Balaban J connectivity index is 1.66. The summed E-state index contributed by atoms with van der Waals surface area (Å²) in [4.78, 5) is 44.8. The highest BCUT2D eigenvalue weighted by Crippen LogP contribution is 2.25. The van der Waals surface area contributed by atoms with Gasteiger partial charge in [0.15, 0.2) is 5.58 Å². The molecule has 0 saturated heterocycles. The fourth-order valence-corrected chi connectivity index (χ4v) is 2.95. The molecular formula is C18H16N4O7. The van der Waals surface area contributed by atoms with E-state index in [0.29, 0.717) is 23.2 Å². The van der Waals surface area contributed by atoms with Crippen LogP contribution in [0.5, 0.6) is 0 Å². The summed E-state index contributed by atoms with van der Waals surface area (Å²) in [7, 11) is 0. The molecular weight excluding hydrogens is 384 g/mol. The molecule has 29 heavy (non-hydrogen) atoms. The minimum Gasteiger partial charge on any atom is -0.407 e. The summed E-state index contributed by atoms with van der Waals surface area (Å²) in [6.07, 6.45) is 0.361. The van der Waals surface area contributed by atoms with Crippen molar-refractivity contribution < 1.29 is 19.1 Å². The van der Waals surface area contributed by atoms with Crippen molar-refractivity contribution in [3.63, 3.8) is 0 Å². The number of rotatable bonds is 7. The monoisotopic (exact) mass is 400 g/mol. The third-order valence-electron chi connectivity index (χ3n) is 4.42. The number of nitrogens with one attached hydrogen (secondary N) is 1. The molecule has 1 aromatic heterocycles. The van der Waals surface area contributed by atoms with E-state index in [1.54, 1.807) is 13.0 Å². The Morgan fingerprint density at radius 2 is 1.93 bits per heavy atom. The van der Waals surface area contributed by atoms with Crippen LogP contribution in [0.15, 0.2) is 45.6 Å². The molecule has 0 fully saturated rings. The van der Waals surface area contributed by atoms with E-state index in [2.05, 4.69) is 5.32 Å². The lowest BCUT2D eigenvalue weighted by atomic mass is 10.1. The summed E-state index contributed by atoms with van der Waals surface area (Å²) in [6, 6.07) is 8.27. The predicted molar refractivity (Wildman–Crippen MR) is 103 cm³/mol. The maximum absolute atomic E-state index is 12.2. The zero-order valence-corrected chi connectivity index (χ0v) is 15.3. The van der Waals surface area contributed by atoms with Crippen LogP contribution in [0, 0.1) is 27.2 Å². The van der Waals surface area contributed by atoms with Gasteiger partial charge in [0, 0.05) is 25.1 Å². The number of amides is 1. The molecule has 3 aromatic rings. The molecule has 0 aliphatic heterocycles. The van der Waals surface area contributed by atoms with Crippen molar-refractivity contribution in [1.82, 2.24) is 4.57 Å². The molecule has 150 valence electrons. The fraction of sp³-hybridized carbons (Fsp3) is 0.222. The highest BCUT2D eigenvalue weighted by atomic mass is 16.6. The Morgan fingerprint density at radius 3 is 2.62 bits per heavy atom. The van der Waals surface area contributed by atoms with Gasteiger partial charge in [0.25, 0.3) is 11.4 Å². The number of nitro groups is 2. The minimum atomic E-state index is -0.671. The van der Waals surface area contributed by atoms with E-state index in [-0.39, 0.29) is 35.8 Å². The number of non-ortho nitro benzene ring substituents is 1. The molecule has 11 heteroatoms. The van der Waals surface area contributed by atoms with Crippen LogP contribution in [0.25, 0.3) is 11.1 Å². The fourth-order valence-electron chi connectivity index (χ4n) is 2.95. The number of anilines is 1. The molecule has 0 saturated carbocycles. The number of hydrogen-bond donors (Lipinski definition) is 1. The van der Waals surface area contributed by atoms with E-state index in [1.165, 1.54) is 34.9 Å². The molecule has 1 heterocycles. The van der Waals surface area contributed by atoms with Gasteiger partial charge in [-0.05, 0) is 25.5 Å². The molecule has 0 aliphatic carbocycles. The third-order valence-corrected chi connectivity index (χ3v) is 4.42. The number of nitrogens with zero attached hydrogens (tertiary/aromatic N) is 3. The van der Waals surface area contributed by atoms with E-state index < -0.39 is 15.6 Å². The molecule has 2 aromatic carbocycles. The Kier molecular flexibility index (Phi) is 5.39. The normalized spacial score (nSPS) is 10.8. The van der Waals surface area contributed by atoms with Gasteiger partial charge in [-0.1, -0.05) is 6.07 Å². The zero-order valence-electron chi connectivity index (χ0n) is 15.3. The summed E-state index contributed by atoms with van der Waals surface area (Å²) >= 11 is 0. The molecule has 3 rings (SSSR count). The SMILES string of the molecule is Cc1c(NC(=O)CCCn2c(=O)oc3cc([N+](=O)[O-])ccc32)cccc1[N+](=O)[O-]. The maximum atomic E-state index is 12.2. The molecule has 0 atom stereocenters. The highest BCUT2D eigenvalue weighted by Gasteiger charge is 2.16. The van der Waals surface area contributed by atoms with Gasteiger partial charge >= 0.3 is 5.76 Å². The standard InChI is InChI=1S/C18H16N4O7/c1-11-13(4-2-5-14(11)22(27)28)19-17(23)6-3-9-20-15-8-7-12(21(25)26)10-16(15)29-18(20)24/h2,4-5,7-8,10H,3,6,9H2,1H3,(H,19,23). The lowest BCUT2D eigenvalue weighted by Gasteiger charge is -2.08. The predicted octanol–water partition coefficient (Wildman–Crippen LogP) is 3.14. The topological polar surface area (TPSA) is 151 Å². The first kappa shape index (κ1) is 19.7. The Hall–Kier alpha value is -4.02. The molecule has 0 aliphatic rings. The van der Waals surface area contributed by atoms with Gasteiger partial charge in [-0.3, -0.25) is 29.6 Å². The number of benzene rings is 2. The lowest BCUT2D eigenvalue weighted by Crippen LogP contribution is -2.17. The van der Waals surface area contributed by atoms with E-state index in [1.807, 2.05) is 0 Å². The Labute approximate surface area is 162 Å². The molecule has 0 spiro atoms. The van der Waals surface area contributed by atoms with Crippen molar-refractivity contribution in [1.29, 1.82) is 0 Å². The molecule has 1 amide bonds. The number of aromatic nitrogens is 1. The Bertz CT molecular complexity index is 1180. The van der Waals surface area contributed by atoms with E-state index >= 15 is 0 Å². The number of oxazole rings is 1. The number of carbonyl (C=O) groups excluding carboxylic acids is 1. The first-order valence-electron chi connectivity index (χ1n) is 8.59. The minimum absolute atomic E-state index is 0.0637. The summed E-state index contributed by atoms with van der Waals surface area (Å²) in [5.74, 6) is -1.03. The van der Waals surface area contributed by atoms with Gasteiger partial charge in [-0.25, -0.2) is 4.79 Å². The van der Waals surface area contributed by atoms with Crippen molar-refractivity contribution in [2.24, 2.45) is 0 Å². The van der Waals surface area contributed by atoms with Crippen LogP contribution < -0.4 is 11.1 Å². The average Bonchev–Trinajstić information content (AvgIpc) is 2.97. The summed E-state index contributed by atoms with van der Waals surface area (Å²) in [6.45, 7) is 1.72. The third kappa shape index (κ3) is 4.13. The first-order valence-corrected chi connectivity index (χ1v) is 8.59. The molecule has 0 unspecified atom stereocenters. The van der Waals surface area contributed by atoms with Crippen molar-refractivity contribution >= 4 is 34.1 Å². The Morgan fingerprint density at radius 1 is 1.17 bits per heavy atom. The number of aryl methyl sites for hydroxylation is 1. The summed E-state index contributed by atoms with van der Waals surface area (Å²) in [5, 5.41) is 24.4. The number of hydrogen-bond acceptors (Lipinski definition) is 7. The highest BCUT2D eigenvalue weighted by molar-refractivity contribution is 5.92. The van der Waals surface area contributed by atoms with Crippen molar-refractivity contribution in [3.8, 4) is 0 Å². The van der Waals surface area contributed by atoms with Gasteiger partial charge in [0.05, 0.1) is 32.7 Å². The summed E-state index contributed by atoms with van der Waals surface area (Å²) < 4.78 is 6.33. The largest absolute Gasteiger partial charge is 0.419 e. The average molecular weight is 400 g/mol. The molecule has 11 nitrogen and oxygen atoms in total. The van der Waals surface area contributed by atoms with E-state index in [0.717, 1.165) is 0 Å². The second kappa shape index (κ2) is 7.92. The molecule has 0 radical (unpaired) electrons. The van der Waals surface area contributed by atoms with Gasteiger partial charge in [-0.2, -0.15) is 0 Å². The van der Waals surface area contributed by atoms with Crippen LogP contribution in [0.1, 0.15) is 18.4 Å². The smallest absolute Gasteiger partial charge is 0.407 e.